The van der Waals surface area contributed by atoms with Gasteiger partial charge in [0.1, 0.15) is 0 Å². The van der Waals surface area contributed by atoms with Crippen LogP contribution in [-0.2, 0) is 19.0 Å². The van der Waals surface area contributed by atoms with E-state index < -0.39 is 0 Å². The minimum absolute atomic E-state index is 0.0968. The lowest BCUT2D eigenvalue weighted by Gasteiger charge is -2.67. The lowest BCUT2D eigenvalue weighted by Crippen LogP contribution is -2.68. The summed E-state index contributed by atoms with van der Waals surface area (Å²) in [6.45, 7) is 1.95. The van der Waals surface area contributed by atoms with Gasteiger partial charge in [0.15, 0.2) is 5.79 Å². The van der Waals surface area contributed by atoms with Crippen LogP contribution in [-0.4, -0.2) is 31.6 Å². The van der Waals surface area contributed by atoms with E-state index in [-0.39, 0.29) is 23.1 Å². The summed E-state index contributed by atoms with van der Waals surface area (Å²) >= 11 is 0. The van der Waals surface area contributed by atoms with Gasteiger partial charge in [-0.05, 0) is 105 Å². The summed E-state index contributed by atoms with van der Waals surface area (Å²) in [5, 5.41) is 0. The molecule has 4 nitrogen and oxygen atoms in total. The Labute approximate surface area is 178 Å². The van der Waals surface area contributed by atoms with Crippen LogP contribution in [0.2, 0.25) is 0 Å². The van der Waals surface area contributed by atoms with Gasteiger partial charge in [-0.2, -0.15) is 0 Å². The molecule has 0 amide bonds. The van der Waals surface area contributed by atoms with Crippen LogP contribution < -0.4 is 0 Å². The van der Waals surface area contributed by atoms with Crippen molar-refractivity contribution in [3.63, 3.8) is 0 Å². The van der Waals surface area contributed by atoms with Gasteiger partial charge in [0.2, 0.25) is 0 Å². The van der Waals surface area contributed by atoms with Crippen molar-refractivity contribution < 1.29 is 19.0 Å². The summed E-state index contributed by atoms with van der Waals surface area (Å²) < 4.78 is 19.4. The van der Waals surface area contributed by atoms with Crippen molar-refractivity contribution >= 4 is 5.97 Å². The third-order valence-electron chi connectivity index (χ3n) is 12.6. The molecule has 1 saturated heterocycles. The number of esters is 1. The lowest BCUT2D eigenvalue weighted by atomic mass is 9.43. The molecule has 8 unspecified atom stereocenters. The molecule has 162 valence electrons. The van der Waals surface area contributed by atoms with Crippen LogP contribution in [0.25, 0.3) is 0 Å². The maximum absolute atomic E-state index is 13.3. The minimum Gasteiger partial charge on any atom is -0.465 e. The quantitative estimate of drug-likeness (QED) is 0.659. The molecule has 30 heavy (non-hydrogen) atoms. The second-order valence-corrected chi connectivity index (χ2v) is 13.4. The van der Waals surface area contributed by atoms with Crippen molar-refractivity contribution in [2.75, 3.05) is 19.8 Å². The van der Waals surface area contributed by atoms with E-state index in [2.05, 4.69) is 0 Å². The molecule has 10 aliphatic rings. The zero-order valence-electron chi connectivity index (χ0n) is 17.9. The Morgan fingerprint density at radius 1 is 0.867 bits per heavy atom. The maximum atomic E-state index is 13.3. The Hall–Kier alpha value is -0.610. The average molecular weight is 411 g/mol. The second-order valence-electron chi connectivity index (χ2n) is 13.4. The summed E-state index contributed by atoms with van der Waals surface area (Å²) in [4.78, 5) is 13.3. The SMILES string of the molecule is O=C(OCC1COC2(OC1)C1CC3CC4CC2(C3)C4C1)C12CC3CC4CC(C1)C3C42. The first-order valence-electron chi connectivity index (χ1n) is 13.1. The van der Waals surface area contributed by atoms with Crippen LogP contribution in [0.15, 0.2) is 0 Å². The number of ether oxygens (including phenoxy) is 3. The summed E-state index contributed by atoms with van der Waals surface area (Å²) in [5.41, 5.74) is 0.244. The fraction of sp³-hybridized carbons (Fsp3) is 0.962. The van der Waals surface area contributed by atoms with Gasteiger partial charge < -0.3 is 14.2 Å². The highest BCUT2D eigenvalue weighted by molar-refractivity contribution is 5.79. The summed E-state index contributed by atoms with van der Waals surface area (Å²) in [6.07, 6.45) is 11.9. The zero-order valence-corrected chi connectivity index (χ0v) is 17.9. The number of rotatable bonds is 3. The lowest BCUT2D eigenvalue weighted by molar-refractivity contribution is -0.391. The number of carbonyl (C=O) groups is 1. The first-order chi connectivity index (χ1) is 14.6. The number of hydrogen-bond acceptors (Lipinski definition) is 4. The Bertz CT molecular complexity index is 826. The van der Waals surface area contributed by atoms with Gasteiger partial charge in [0.05, 0.1) is 25.2 Å². The Morgan fingerprint density at radius 3 is 2.40 bits per heavy atom. The standard InChI is InChI=1S/C26H34O4/c27-23(24-7-17-3-15-4-18(8-24)21(17)22(15)24)28-10-14-11-29-26(30-12-14)19-2-13-1-16-9-25(26,6-13)20(16)5-19/h13-22H,1-12H2. The van der Waals surface area contributed by atoms with Gasteiger partial charge in [-0.1, -0.05) is 0 Å². The molecule has 4 heteroatoms. The summed E-state index contributed by atoms with van der Waals surface area (Å²) in [5.74, 6) is 7.50. The predicted octanol–water partition coefficient (Wildman–Crippen LogP) is 4.03. The molecule has 10 bridgehead atoms. The zero-order chi connectivity index (χ0) is 19.5. The van der Waals surface area contributed by atoms with Crippen molar-refractivity contribution in [3.8, 4) is 0 Å². The molecule has 10 fully saturated rings. The van der Waals surface area contributed by atoms with E-state index in [0.717, 1.165) is 67.5 Å². The third-order valence-corrected chi connectivity index (χ3v) is 12.6. The molecule has 1 aliphatic heterocycles. The van der Waals surface area contributed by atoms with Gasteiger partial charge in [-0.25, -0.2) is 0 Å². The van der Waals surface area contributed by atoms with Gasteiger partial charge in [-0.15, -0.1) is 0 Å². The Kier molecular flexibility index (Phi) is 2.81. The van der Waals surface area contributed by atoms with Crippen LogP contribution in [0.5, 0.6) is 0 Å². The van der Waals surface area contributed by atoms with Crippen molar-refractivity contribution in [2.24, 2.45) is 70.0 Å². The smallest absolute Gasteiger partial charge is 0.312 e. The molecule has 8 atom stereocenters. The van der Waals surface area contributed by atoms with Crippen LogP contribution in [0, 0.1) is 70.0 Å². The molecule has 0 N–H and O–H groups in total. The van der Waals surface area contributed by atoms with E-state index in [9.17, 15) is 4.79 Å². The van der Waals surface area contributed by atoms with Crippen LogP contribution in [0.3, 0.4) is 0 Å². The van der Waals surface area contributed by atoms with Gasteiger partial charge in [0, 0.05) is 17.3 Å². The molecule has 0 aromatic carbocycles. The normalized spacial score (nSPS) is 66.9. The van der Waals surface area contributed by atoms with Crippen LogP contribution in [0.4, 0.5) is 0 Å². The molecular weight excluding hydrogens is 376 g/mol. The number of carbonyl (C=O) groups excluding carboxylic acids is 1. The average Bonchev–Trinajstić information content (AvgIpc) is 3.47. The van der Waals surface area contributed by atoms with Gasteiger partial charge in [0.25, 0.3) is 0 Å². The highest BCUT2D eigenvalue weighted by atomic mass is 16.7. The maximum Gasteiger partial charge on any atom is 0.312 e. The molecule has 9 aliphatic carbocycles. The van der Waals surface area contributed by atoms with E-state index >= 15 is 0 Å². The molecule has 0 aromatic heterocycles. The monoisotopic (exact) mass is 410 g/mol. The molecule has 0 radical (unpaired) electrons. The molecule has 0 aromatic rings. The first kappa shape index (κ1) is 16.9. The summed E-state index contributed by atoms with van der Waals surface area (Å²) in [6, 6.07) is 0. The van der Waals surface area contributed by atoms with Crippen molar-refractivity contribution in [3.05, 3.63) is 0 Å². The molecule has 2 spiro atoms. The molecule has 1 heterocycles. The fourth-order valence-corrected chi connectivity index (χ4v) is 12.4. The minimum atomic E-state index is -0.283. The van der Waals surface area contributed by atoms with Crippen molar-refractivity contribution in [2.45, 2.75) is 63.6 Å². The van der Waals surface area contributed by atoms with Crippen LogP contribution in [0.1, 0.15) is 57.8 Å². The topological polar surface area (TPSA) is 44.8 Å². The molecule has 10 rings (SSSR count). The summed E-state index contributed by atoms with van der Waals surface area (Å²) in [7, 11) is 0. The van der Waals surface area contributed by atoms with E-state index in [0.29, 0.717) is 23.9 Å². The van der Waals surface area contributed by atoms with E-state index in [1.165, 1.54) is 44.9 Å². The second kappa shape index (κ2) is 4.98. The predicted molar refractivity (Wildman–Crippen MR) is 107 cm³/mol. The Balaban J connectivity index is 0.888. The fourth-order valence-electron chi connectivity index (χ4n) is 12.4. The largest absolute Gasteiger partial charge is 0.465 e. The van der Waals surface area contributed by atoms with E-state index in [4.69, 9.17) is 14.2 Å². The molecular formula is C26H34O4. The van der Waals surface area contributed by atoms with E-state index in [1.807, 2.05) is 0 Å². The highest BCUT2D eigenvalue weighted by Gasteiger charge is 2.79. The molecule has 9 saturated carbocycles. The Morgan fingerprint density at radius 2 is 1.67 bits per heavy atom. The highest BCUT2D eigenvalue weighted by Crippen LogP contribution is 2.80. The number of hydrogen-bond donors (Lipinski definition) is 0. The van der Waals surface area contributed by atoms with Crippen LogP contribution >= 0.6 is 0 Å². The van der Waals surface area contributed by atoms with Crippen molar-refractivity contribution in [1.29, 1.82) is 0 Å². The van der Waals surface area contributed by atoms with Gasteiger partial charge in [-0.3, -0.25) is 4.79 Å². The van der Waals surface area contributed by atoms with Crippen molar-refractivity contribution in [1.82, 2.24) is 0 Å². The van der Waals surface area contributed by atoms with Gasteiger partial charge >= 0.3 is 5.97 Å². The third kappa shape index (κ3) is 1.59. The van der Waals surface area contributed by atoms with E-state index in [1.54, 1.807) is 0 Å². The first-order valence-corrected chi connectivity index (χ1v) is 13.1.